The molecule has 1 nitrogen and oxygen atoms in total. The fourth-order valence-electron chi connectivity index (χ4n) is 1.21. The SMILES string of the molecule is Clc1ccc(/C=C/c2ccc[nH]2)cc1. The highest BCUT2D eigenvalue weighted by molar-refractivity contribution is 6.30. The monoisotopic (exact) mass is 203 g/mol. The summed E-state index contributed by atoms with van der Waals surface area (Å²) in [6, 6.07) is 11.7. The van der Waals surface area contributed by atoms with Gasteiger partial charge in [0.05, 0.1) is 0 Å². The van der Waals surface area contributed by atoms with Crippen molar-refractivity contribution in [2.45, 2.75) is 0 Å². The highest BCUT2D eigenvalue weighted by Crippen LogP contribution is 2.11. The highest BCUT2D eigenvalue weighted by Gasteiger charge is 1.88. The van der Waals surface area contributed by atoms with Crippen LogP contribution in [0.2, 0.25) is 5.02 Å². The van der Waals surface area contributed by atoms with Crippen molar-refractivity contribution in [3.05, 3.63) is 58.9 Å². The first kappa shape index (κ1) is 9.10. The molecule has 0 aliphatic carbocycles. The normalized spacial score (nSPS) is 10.9. The minimum Gasteiger partial charge on any atom is -0.362 e. The van der Waals surface area contributed by atoms with Crippen LogP contribution >= 0.6 is 11.6 Å². The topological polar surface area (TPSA) is 15.8 Å². The largest absolute Gasteiger partial charge is 0.362 e. The molecule has 0 fully saturated rings. The molecule has 0 saturated heterocycles. The minimum absolute atomic E-state index is 0.766. The van der Waals surface area contributed by atoms with E-state index in [1.54, 1.807) is 0 Å². The zero-order chi connectivity index (χ0) is 9.80. The minimum atomic E-state index is 0.766. The van der Waals surface area contributed by atoms with Crippen molar-refractivity contribution >= 4 is 23.8 Å². The second kappa shape index (κ2) is 4.16. The van der Waals surface area contributed by atoms with E-state index in [0.717, 1.165) is 16.3 Å². The van der Waals surface area contributed by atoms with Crippen LogP contribution in [-0.2, 0) is 0 Å². The molecule has 1 heterocycles. The number of aromatic amines is 1. The average Bonchev–Trinajstić information content (AvgIpc) is 2.70. The molecule has 0 bridgehead atoms. The molecule has 2 rings (SSSR count). The lowest BCUT2D eigenvalue weighted by molar-refractivity contribution is 1.38. The Hall–Kier alpha value is -1.47. The van der Waals surface area contributed by atoms with Gasteiger partial charge in [-0.15, -0.1) is 0 Å². The van der Waals surface area contributed by atoms with Gasteiger partial charge in [0.2, 0.25) is 0 Å². The van der Waals surface area contributed by atoms with E-state index in [1.807, 2.05) is 54.7 Å². The van der Waals surface area contributed by atoms with E-state index >= 15 is 0 Å². The number of hydrogen-bond acceptors (Lipinski definition) is 0. The molecule has 0 radical (unpaired) electrons. The van der Waals surface area contributed by atoms with Crippen LogP contribution in [0.5, 0.6) is 0 Å². The Labute approximate surface area is 88.0 Å². The fraction of sp³-hybridized carbons (Fsp3) is 0. The number of aromatic nitrogens is 1. The summed E-state index contributed by atoms with van der Waals surface area (Å²) < 4.78 is 0. The van der Waals surface area contributed by atoms with Crippen LogP contribution in [0.1, 0.15) is 11.3 Å². The summed E-state index contributed by atoms with van der Waals surface area (Å²) in [5.74, 6) is 0. The summed E-state index contributed by atoms with van der Waals surface area (Å²) >= 11 is 5.78. The van der Waals surface area contributed by atoms with Crippen molar-refractivity contribution in [2.75, 3.05) is 0 Å². The summed E-state index contributed by atoms with van der Waals surface area (Å²) in [5.41, 5.74) is 2.24. The third-order valence-corrected chi connectivity index (χ3v) is 2.20. The summed E-state index contributed by atoms with van der Waals surface area (Å²) in [7, 11) is 0. The molecule has 1 aromatic carbocycles. The molecule has 0 unspecified atom stereocenters. The van der Waals surface area contributed by atoms with Crippen LogP contribution in [0.4, 0.5) is 0 Å². The van der Waals surface area contributed by atoms with Crippen molar-refractivity contribution in [3.63, 3.8) is 0 Å². The predicted molar refractivity (Wildman–Crippen MR) is 61.2 cm³/mol. The number of nitrogens with one attached hydrogen (secondary N) is 1. The summed E-state index contributed by atoms with van der Waals surface area (Å²) in [6.07, 6.45) is 5.98. The number of rotatable bonds is 2. The zero-order valence-corrected chi connectivity index (χ0v) is 8.33. The van der Waals surface area contributed by atoms with E-state index in [-0.39, 0.29) is 0 Å². The molecule has 0 aliphatic heterocycles. The molecule has 0 aliphatic rings. The van der Waals surface area contributed by atoms with E-state index in [0.29, 0.717) is 0 Å². The third kappa shape index (κ3) is 2.27. The van der Waals surface area contributed by atoms with Crippen LogP contribution < -0.4 is 0 Å². The van der Waals surface area contributed by atoms with Gasteiger partial charge in [-0.3, -0.25) is 0 Å². The highest BCUT2D eigenvalue weighted by atomic mass is 35.5. The number of hydrogen-bond donors (Lipinski definition) is 1. The summed E-state index contributed by atoms with van der Waals surface area (Å²) in [6.45, 7) is 0. The molecule has 0 spiro atoms. The molecule has 2 heteroatoms. The quantitative estimate of drug-likeness (QED) is 0.764. The van der Waals surface area contributed by atoms with Gasteiger partial charge in [0.25, 0.3) is 0 Å². The lowest BCUT2D eigenvalue weighted by atomic mass is 10.2. The second-order valence-corrected chi connectivity index (χ2v) is 3.45. The molecular formula is C12H10ClN. The smallest absolute Gasteiger partial charge is 0.0406 e. The van der Waals surface area contributed by atoms with E-state index in [1.165, 1.54) is 0 Å². The van der Waals surface area contributed by atoms with Gasteiger partial charge in [-0.1, -0.05) is 29.8 Å². The van der Waals surface area contributed by atoms with E-state index in [2.05, 4.69) is 4.98 Å². The van der Waals surface area contributed by atoms with E-state index in [9.17, 15) is 0 Å². The number of H-pyrrole nitrogens is 1. The number of halogens is 1. The predicted octanol–water partition coefficient (Wildman–Crippen LogP) is 3.84. The molecular weight excluding hydrogens is 194 g/mol. The Kier molecular flexibility index (Phi) is 2.70. The van der Waals surface area contributed by atoms with E-state index < -0.39 is 0 Å². The fourth-order valence-corrected chi connectivity index (χ4v) is 1.33. The number of benzene rings is 1. The third-order valence-electron chi connectivity index (χ3n) is 1.95. The molecule has 0 amide bonds. The van der Waals surface area contributed by atoms with Crippen molar-refractivity contribution in [1.29, 1.82) is 0 Å². The first-order chi connectivity index (χ1) is 6.84. The first-order valence-corrected chi connectivity index (χ1v) is 4.79. The standard InChI is InChI=1S/C12H10ClN/c13-11-6-3-10(4-7-11)5-8-12-2-1-9-14-12/h1-9,14H/b8-5+. The maximum Gasteiger partial charge on any atom is 0.0406 e. The van der Waals surface area contributed by atoms with Gasteiger partial charge in [0.1, 0.15) is 0 Å². The zero-order valence-electron chi connectivity index (χ0n) is 7.57. The van der Waals surface area contributed by atoms with Crippen LogP contribution in [0, 0.1) is 0 Å². The van der Waals surface area contributed by atoms with Crippen LogP contribution in [0.25, 0.3) is 12.2 Å². The molecule has 1 N–H and O–H groups in total. The van der Waals surface area contributed by atoms with Gasteiger partial charge in [-0.2, -0.15) is 0 Å². The maximum atomic E-state index is 5.78. The van der Waals surface area contributed by atoms with Gasteiger partial charge in [-0.05, 0) is 35.9 Å². The molecule has 1 aromatic heterocycles. The Balaban J connectivity index is 2.15. The molecule has 14 heavy (non-hydrogen) atoms. The molecule has 0 saturated carbocycles. The second-order valence-electron chi connectivity index (χ2n) is 3.01. The van der Waals surface area contributed by atoms with Crippen molar-refractivity contribution < 1.29 is 0 Å². The van der Waals surface area contributed by atoms with Crippen molar-refractivity contribution in [3.8, 4) is 0 Å². The van der Waals surface area contributed by atoms with Crippen molar-refractivity contribution in [1.82, 2.24) is 4.98 Å². The van der Waals surface area contributed by atoms with Gasteiger partial charge in [0.15, 0.2) is 0 Å². The molecule has 70 valence electrons. The van der Waals surface area contributed by atoms with E-state index in [4.69, 9.17) is 11.6 Å². The summed E-state index contributed by atoms with van der Waals surface area (Å²) in [4.78, 5) is 3.11. The lowest BCUT2D eigenvalue weighted by Crippen LogP contribution is -1.71. The molecule has 2 aromatic rings. The Morgan fingerprint density at radius 1 is 1.00 bits per heavy atom. The maximum absolute atomic E-state index is 5.78. The van der Waals surface area contributed by atoms with Gasteiger partial charge < -0.3 is 4.98 Å². The first-order valence-electron chi connectivity index (χ1n) is 4.42. The Morgan fingerprint density at radius 2 is 1.79 bits per heavy atom. The van der Waals surface area contributed by atoms with Crippen LogP contribution in [0.3, 0.4) is 0 Å². The molecule has 0 atom stereocenters. The lowest BCUT2D eigenvalue weighted by Gasteiger charge is -1.92. The van der Waals surface area contributed by atoms with Crippen LogP contribution in [-0.4, -0.2) is 4.98 Å². The van der Waals surface area contributed by atoms with Crippen molar-refractivity contribution in [2.24, 2.45) is 0 Å². The summed E-state index contributed by atoms with van der Waals surface area (Å²) in [5, 5.41) is 0.766. The van der Waals surface area contributed by atoms with Gasteiger partial charge >= 0.3 is 0 Å². The van der Waals surface area contributed by atoms with Gasteiger partial charge in [-0.25, -0.2) is 0 Å². The van der Waals surface area contributed by atoms with Gasteiger partial charge in [0, 0.05) is 16.9 Å². The Bertz CT molecular complexity index is 412. The Morgan fingerprint density at radius 3 is 2.43 bits per heavy atom. The average molecular weight is 204 g/mol. The van der Waals surface area contributed by atoms with Crippen LogP contribution in [0.15, 0.2) is 42.6 Å².